The summed E-state index contributed by atoms with van der Waals surface area (Å²) in [6.07, 6.45) is 0. The molecule has 0 atom stereocenters. The third-order valence-electron chi connectivity index (χ3n) is 2.48. The van der Waals surface area contributed by atoms with Gasteiger partial charge < -0.3 is 5.32 Å². The lowest BCUT2D eigenvalue weighted by Gasteiger charge is -2.17. The molecular weight excluding hydrogens is 272 g/mol. The molecule has 1 rings (SSSR count). The second-order valence-electron chi connectivity index (χ2n) is 3.60. The molecular formula is C11H18N2O3S2. The predicted octanol–water partition coefficient (Wildman–Crippen LogP) is 1.53. The summed E-state index contributed by atoms with van der Waals surface area (Å²) in [4.78, 5) is 12.2. The number of hydrogen-bond donors (Lipinski definition) is 1. The van der Waals surface area contributed by atoms with Crippen LogP contribution in [-0.2, 0) is 10.0 Å². The first kappa shape index (κ1) is 15.1. The predicted molar refractivity (Wildman–Crippen MR) is 72.4 cm³/mol. The Bertz CT molecular complexity index is 504. The van der Waals surface area contributed by atoms with E-state index in [-0.39, 0.29) is 10.8 Å². The first-order valence-corrected chi connectivity index (χ1v) is 8.16. The molecule has 1 aromatic rings. The van der Waals surface area contributed by atoms with Gasteiger partial charge in [-0.05, 0) is 13.0 Å². The lowest BCUT2D eigenvalue weighted by Crippen LogP contribution is -2.30. The quantitative estimate of drug-likeness (QED) is 0.864. The Hall–Kier alpha value is -0.920. The summed E-state index contributed by atoms with van der Waals surface area (Å²) in [5, 5.41) is 4.16. The SMILES string of the molecule is CCNC(=O)c1cc(S(=O)(=O)N(CC)CC)cs1. The van der Waals surface area contributed by atoms with Gasteiger partial charge in [0.05, 0.1) is 9.77 Å². The van der Waals surface area contributed by atoms with Gasteiger partial charge in [0, 0.05) is 25.0 Å². The molecule has 1 N–H and O–H groups in total. The summed E-state index contributed by atoms with van der Waals surface area (Å²) >= 11 is 1.14. The van der Waals surface area contributed by atoms with Gasteiger partial charge in [0.15, 0.2) is 0 Å². The molecule has 0 aliphatic rings. The van der Waals surface area contributed by atoms with Gasteiger partial charge in [-0.1, -0.05) is 13.8 Å². The second-order valence-corrected chi connectivity index (χ2v) is 6.44. The molecule has 102 valence electrons. The van der Waals surface area contributed by atoms with Crippen molar-refractivity contribution in [2.75, 3.05) is 19.6 Å². The number of nitrogens with one attached hydrogen (secondary N) is 1. The van der Waals surface area contributed by atoms with Crippen molar-refractivity contribution in [1.82, 2.24) is 9.62 Å². The summed E-state index contributed by atoms with van der Waals surface area (Å²) < 4.78 is 25.7. The molecule has 0 unspecified atom stereocenters. The average Bonchev–Trinajstić information content (AvgIpc) is 2.80. The Kier molecular flexibility index (Phi) is 5.30. The van der Waals surface area contributed by atoms with E-state index in [0.29, 0.717) is 24.5 Å². The van der Waals surface area contributed by atoms with E-state index in [1.807, 2.05) is 6.92 Å². The highest BCUT2D eigenvalue weighted by Crippen LogP contribution is 2.22. The van der Waals surface area contributed by atoms with Crippen LogP contribution in [0.15, 0.2) is 16.3 Å². The minimum absolute atomic E-state index is 0.192. The fourth-order valence-corrected chi connectivity index (χ4v) is 4.17. The highest BCUT2D eigenvalue weighted by molar-refractivity contribution is 7.89. The van der Waals surface area contributed by atoms with E-state index >= 15 is 0 Å². The molecule has 0 fully saturated rings. The van der Waals surface area contributed by atoms with Gasteiger partial charge in [0.2, 0.25) is 10.0 Å². The second kappa shape index (κ2) is 6.31. The molecule has 5 nitrogen and oxygen atoms in total. The zero-order valence-corrected chi connectivity index (χ0v) is 12.4. The van der Waals surface area contributed by atoms with Crippen LogP contribution in [0.3, 0.4) is 0 Å². The Labute approximate surface area is 112 Å². The molecule has 1 amide bonds. The van der Waals surface area contributed by atoms with Crippen LogP contribution in [0, 0.1) is 0 Å². The standard InChI is InChI=1S/C11H18N2O3S2/c1-4-12-11(14)10-7-9(8-17-10)18(15,16)13(5-2)6-3/h7-8H,4-6H2,1-3H3,(H,12,14). The van der Waals surface area contributed by atoms with E-state index in [2.05, 4.69) is 5.32 Å². The number of amides is 1. The normalized spacial score (nSPS) is 11.8. The smallest absolute Gasteiger partial charge is 0.261 e. The van der Waals surface area contributed by atoms with E-state index in [1.54, 1.807) is 13.8 Å². The highest BCUT2D eigenvalue weighted by Gasteiger charge is 2.23. The van der Waals surface area contributed by atoms with Crippen molar-refractivity contribution in [3.63, 3.8) is 0 Å². The summed E-state index contributed by atoms with van der Waals surface area (Å²) in [6, 6.07) is 1.43. The van der Waals surface area contributed by atoms with Gasteiger partial charge in [-0.25, -0.2) is 8.42 Å². The molecule has 18 heavy (non-hydrogen) atoms. The van der Waals surface area contributed by atoms with Gasteiger partial charge in [-0.15, -0.1) is 11.3 Å². The minimum atomic E-state index is -3.47. The summed E-state index contributed by atoms with van der Waals surface area (Å²) in [7, 11) is -3.47. The highest BCUT2D eigenvalue weighted by atomic mass is 32.2. The van der Waals surface area contributed by atoms with Crippen molar-refractivity contribution < 1.29 is 13.2 Å². The summed E-state index contributed by atoms with van der Waals surface area (Å²) in [5.74, 6) is -0.233. The van der Waals surface area contributed by atoms with Gasteiger partial charge in [0.25, 0.3) is 5.91 Å². The third-order valence-corrected chi connectivity index (χ3v) is 5.59. The minimum Gasteiger partial charge on any atom is -0.352 e. The van der Waals surface area contributed by atoms with Crippen LogP contribution in [0.5, 0.6) is 0 Å². The zero-order chi connectivity index (χ0) is 13.8. The first-order valence-electron chi connectivity index (χ1n) is 5.84. The molecule has 0 aromatic carbocycles. The fraction of sp³-hybridized carbons (Fsp3) is 0.545. The van der Waals surface area contributed by atoms with Crippen molar-refractivity contribution in [3.05, 3.63) is 16.3 Å². The van der Waals surface area contributed by atoms with E-state index in [4.69, 9.17) is 0 Å². The Morgan fingerprint density at radius 1 is 1.33 bits per heavy atom. The number of carbonyl (C=O) groups is 1. The number of nitrogens with zero attached hydrogens (tertiary/aromatic N) is 1. The van der Waals surface area contributed by atoms with Gasteiger partial charge in [-0.3, -0.25) is 4.79 Å². The van der Waals surface area contributed by atoms with Gasteiger partial charge >= 0.3 is 0 Å². The van der Waals surface area contributed by atoms with Crippen LogP contribution >= 0.6 is 11.3 Å². The Balaban J connectivity index is 3.02. The molecule has 1 aromatic heterocycles. The molecule has 7 heteroatoms. The Morgan fingerprint density at radius 2 is 1.94 bits per heavy atom. The van der Waals surface area contributed by atoms with Crippen LogP contribution in [0.4, 0.5) is 0 Å². The zero-order valence-electron chi connectivity index (χ0n) is 10.8. The maximum absolute atomic E-state index is 12.2. The van der Waals surface area contributed by atoms with Crippen molar-refractivity contribution in [2.45, 2.75) is 25.7 Å². The lowest BCUT2D eigenvalue weighted by atomic mass is 10.4. The maximum Gasteiger partial charge on any atom is 0.261 e. The van der Waals surface area contributed by atoms with E-state index < -0.39 is 10.0 Å². The van der Waals surface area contributed by atoms with Crippen molar-refractivity contribution >= 4 is 27.3 Å². The van der Waals surface area contributed by atoms with Crippen LogP contribution in [0.1, 0.15) is 30.4 Å². The molecule has 0 aliphatic heterocycles. The molecule has 0 radical (unpaired) electrons. The van der Waals surface area contributed by atoms with Crippen LogP contribution in [0.25, 0.3) is 0 Å². The number of rotatable bonds is 6. The van der Waals surface area contributed by atoms with Gasteiger partial charge in [-0.2, -0.15) is 4.31 Å². The first-order chi connectivity index (χ1) is 8.47. The Morgan fingerprint density at radius 3 is 2.44 bits per heavy atom. The molecule has 0 bridgehead atoms. The van der Waals surface area contributed by atoms with E-state index in [1.165, 1.54) is 15.8 Å². The summed E-state index contributed by atoms with van der Waals surface area (Å²) in [6.45, 7) is 6.76. The van der Waals surface area contributed by atoms with Crippen molar-refractivity contribution in [3.8, 4) is 0 Å². The van der Waals surface area contributed by atoms with Gasteiger partial charge in [0.1, 0.15) is 0 Å². The fourth-order valence-electron chi connectivity index (χ4n) is 1.53. The molecule has 0 saturated heterocycles. The maximum atomic E-state index is 12.2. The summed E-state index contributed by atoms with van der Waals surface area (Å²) in [5.41, 5.74) is 0. The molecule has 1 heterocycles. The number of hydrogen-bond acceptors (Lipinski definition) is 4. The molecule has 0 aliphatic carbocycles. The monoisotopic (exact) mass is 290 g/mol. The van der Waals surface area contributed by atoms with E-state index in [9.17, 15) is 13.2 Å². The van der Waals surface area contributed by atoms with Crippen LogP contribution in [0.2, 0.25) is 0 Å². The lowest BCUT2D eigenvalue weighted by molar-refractivity contribution is 0.0959. The van der Waals surface area contributed by atoms with Crippen molar-refractivity contribution in [2.24, 2.45) is 0 Å². The third kappa shape index (κ3) is 3.09. The topological polar surface area (TPSA) is 66.5 Å². The number of carbonyl (C=O) groups excluding carboxylic acids is 1. The van der Waals surface area contributed by atoms with Crippen LogP contribution < -0.4 is 5.32 Å². The van der Waals surface area contributed by atoms with Crippen LogP contribution in [-0.4, -0.2) is 38.3 Å². The largest absolute Gasteiger partial charge is 0.352 e. The van der Waals surface area contributed by atoms with Crippen molar-refractivity contribution in [1.29, 1.82) is 0 Å². The molecule has 0 saturated carbocycles. The molecule has 0 spiro atoms. The average molecular weight is 290 g/mol. The number of sulfonamides is 1. The number of thiophene rings is 1. The van der Waals surface area contributed by atoms with E-state index in [0.717, 1.165) is 11.3 Å².